The number of likely N-dealkylation sites (tertiary alicyclic amines) is 1. The van der Waals surface area contributed by atoms with Crippen LogP contribution in [0.4, 0.5) is 0 Å². The number of aromatic nitrogens is 2. The highest BCUT2D eigenvalue weighted by Crippen LogP contribution is 2.18. The van der Waals surface area contributed by atoms with Crippen LogP contribution >= 0.6 is 0 Å². The van der Waals surface area contributed by atoms with Gasteiger partial charge in [0.15, 0.2) is 0 Å². The van der Waals surface area contributed by atoms with Crippen molar-refractivity contribution in [3.63, 3.8) is 0 Å². The minimum Gasteiger partial charge on any atom is -0.337 e. The van der Waals surface area contributed by atoms with E-state index in [0.717, 1.165) is 6.42 Å². The van der Waals surface area contributed by atoms with Gasteiger partial charge in [-0.15, -0.1) is 0 Å². The van der Waals surface area contributed by atoms with Crippen LogP contribution in [-0.2, 0) is 5.41 Å². The first-order chi connectivity index (χ1) is 9.20. The Hall–Kier alpha value is -1.69. The van der Waals surface area contributed by atoms with Crippen LogP contribution in [0.1, 0.15) is 49.1 Å². The second kappa shape index (κ2) is 5.01. The van der Waals surface area contributed by atoms with Gasteiger partial charge in [0, 0.05) is 24.5 Å². The number of amides is 1. The van der Waals surface area contributed by atoms with Crippen molar-refractivity contribution in [1.82, 2.24) is 14.9 Å². The number of aromatic amines is 1. The highest BCUT2D eigenvalue weighted by Gasteiger charge is 2.29. The molecule has 2 heterocycles. The molecule has 0 bridgehead atoms. The molecule has 3 N–H and O–H groups in total. The third-order valence-electron chi connectivity index (χ3n) is 3.54. The van der Waals surface area contributed by atoms with Crippen molar-refractivity contribution in [2.24, 2.45) is 5.73 Å². The van der Waals surface area contributed by atoms with Crippen LogP contribution in [0.5, 0.6) is 0 Å². The van der Waals surface area contributed by atoms with Gasteiger partial charge in [0.25, 0.3) is 11.5 Å². The number of nitrogens with two attached hydrogens (primary N) is 1. The Morgan fingerprint density at radius 3 is 2.55 bits per heavy atom. The Bertz CT molecular complexity index is 586. The van der Waals surface area contributed by atoms with Crippen LogP contribution in [0.3, 0.4) is 0 Å². The predicted molar refractivity (Wildman–Crippen MR) is 76.8 cm³/mol. The number of hydrogen-bond acceptors (Lipinski definition) is 4. The maximum Gasteiger partial charge on any atom is 0.264 e. The summed E-state index contributed by atoms with van der Waals surface area (Å²) in [7, 11) is 0. The Kier molecular flexibility index (Phi) is 3.69. The smallest absolute Gasteiger partial charge is 0.264 e. The van der Waals surface area contributed by atoms with Gasteiger partial charge in [-0.25, -0.2) is 4.98 Å². The number of aryl methyl sites for hydroxylation is 1. The monoisotopic (exact) mass is 278 g/mol. The second-order valence-electron chi connectivity index (χ2n) is 6.42. The number of carbonyl (C=O) groups excluding carboxylic acids is 1. The fourth-order valence-electron chi connectivity index (χ4n) is 2.32. The molecule has 6 nitrogen and oxygen atoms in total. The van der Waals surface area contributed by atoms with Gasteiger partial charge >= 0.3 is 0 Å². The van der Waals surface area contributed by atoms with Crippen molar-refractivity contribution in [3.8, 4) is 0 Å². The molecule has 110 valence electrons. The molecule has 2 rings (SSSR count). The molecule has 1 fully saturated rings. The van der Waals surface area contributed by atoms with E-state index >= 15 is 0 Å². The molecule has 1 aromatic heterocycles. The molecule has 0 aromatic carbocycles. The van der Waals surface area contributed by atoms with Crippen molar-refractivity contribution in [2.45, 2.75) is 45.6 Å². The fraction of sp³-hybridized carbons (Fsp3) is 0.643. The Morgan fingerprint density at radius 1 is 1.45 bits per heavy atom. The first kappa shape index (κ1) is 14.7. The van der Waals surface area contributed by atoms with E-state index in [2.05, 4.69) is 9.97 Å². The summed E-state index contributed by atoms with van der Waals surface area (Å²) >= 11 is 0. The zero-order valence-electron chi connectivity index (χ0n) is 12.5. The van der Waals surface area contributed by atoms with Gasteiger partial charge in [-0.3, -0.25) is 9.59 Å². The van der Waals surface area contributed by atoms with Gasteiger partial charge in [0.2, 0.25) is 0 Å². The summed E-state index contributed by atoms with van der Waals surface area (Å²) in [5, 5.41) is 0. The van der Waals surface area contributed by atoms with Crippen LogP contribution in [-0.4, -0.2) is 39.9 Å². The molecule has 1 aliphatic rings. The van der Waals surface area contributed by atoms with Crippen molar-refractivity contribution < 1.29 is 4.79 Å². The van der Waals surface area contributed by atoms with E-state index in [1.54, 1.807) is 11.8 Å². The van der Waals surface area contributed by atoms with Gasteiger partial charge < -0.3 is 15.6 Å². The van der Waals surface area contributed by atoms with Crippen LogP contribution in [0, 0.1) is 6.92 Å². The lowest BCUT2D eigenvalue weighted by Gasteiger charge is -2.20. The minimum atomic E-state index is -0.368. The maximum absolute atomic E-state index is 12.4. The van der Waals surface area contributed by atoms with Crippen molar-refractivity contribution in [2.75, 3.05) is 13.1 Å². The number of rotatable bonds is 1. The molecular formula is C14H22N4O2. The van der Waals surface area contributed by atoms with Crippen molar-refractivity contribution in [3.05, 3.63) is 27.4 Å². The Balaban J connectivity index is 2.38. The zero-order valence-corrected chi connectivity index (χ0v) is 12.5. The SMILES string of the molecule is Cc1nc(C(C)(C)C)[nH]c(=O)c1C(=O)N1CC[C@@H](N)C1. The molecule has 20 heavy (non-hydrogen) atoms. The van der Waals surface area contributed by atoms with Gasteiger partial charge in [-0.05, 0) is 13.3 Å². The highest BCUT2D eigenvalue weighted by molar-refractivity contribution is 5.95. The van der Waals surface area contributed by atoms with E-state index in [0.29, 0.717) is 24.6 Å². The highest BCUT2D eigenvalue weighted by atomic mass is 16.2. The van der Waals surface area contributed by atoms with Crippen LogP contribution in [0.2, 0.25) is 0 Å². The number of hydrogen-bond donors (Lipinski definition) is 2. The minimum absolute atomic E-state index is 0.000135. The standard InChI is InChI=1S/C14H22N4O2/c1-8-10(12(20)18-6-5-9(15)7-18)11(19)17-13(16-8)14(2,3)4/h9H,5-7,15H2,1-4H3,(H,16,17,19)/t9-/m1/s1. The van der Waals surface area contributed by atoms with Crippen LogP contribution in [0.25, 0.3) is 0 Å². The fourth-order valence-corrected chi connectivity index (χ4v) is 2.32. The quantitative estimate of drug-likeness (QED) is 0.784. The maximum atomic E-state index is 12.4. The van der Waals surface area contributed by atoms with Gasteiger partial charge in [-0.1, -0.05) is 20.8 Å². The molecule has 0 radical (unpaired) electrons. The van der Waals surface area contributed by atoms with E-state index in [9.17, 15) is 9.59 Å². The summed E-state index contributed by atoms with van der Waals surface area (Å²) in [6.07, 6.45) is 0.774. The molecule has 1 saturated heterocycles. The Labute approximate surface area is 118 Å². The number of nitrogens with zero attached hydrogens (tertiary/aromatic N) is 2. The Morgan fingerprint density at radius 2 is 2.10 bits per heavy atom. The van der Waals surface area contributed by atoms with Crippen molar-refractivity contribution in [1.29, 1.82) is 0 Å². The van der Waals surface area contributed by atoms with E-state index < -0.39 is 0 Å². The average Bonchev–Trinajstić information content (AvgIpc) is 2.73. The largest absolute Gasteiger partial charge is 0.337 e. The molecule has 0 unspecified atom stereocenters. The van der Waals surface area contributed by atoms with Crippen LogP contribution in [0.15, 0.2) is 4.79 Å². The summed E-state index contributed by atoms with van der Waals surface area (Å²) in [6.45, 7) is 8.69. The van der Waals surface area contributed by atoms with Gasteiger partial charge in [0.1, 0.15) is 11.4 Å². The van der Waals surface area contributed by atoms with Gasteiger partial charge in [0.05, 0.1) is 5.69 Å². The number of carbonyl (C=O) groups is 1. The summed E-state index contributed by atoms with van der Waals surface area (Å²) in [5.74, 6) is 0.319. The molecule has 1 aliphatic heterocycles. The normalized spacial score (nSPS) is 19.4. The molecular weight excluding hydrogens is 256 g/mol. The van der Waals surface area contributed by atoms with E-state index in [1.807, 2.05) is 20.8 Å². The van der Waals surface area contributed by atoms with Crippen LogP contribution < -0.4 is 11.3 Å². The second-order valence-corrected chi connectivity index (χ2v) is 6.42. The summed E-state index contributed by atoms with van der Waals surface area (Å²) in [4.78, 5) is 33.4. The predicted octanol–water partition coefficient (Wildman–Crippen LogP) is 0.549. The molecule has 1 amide bonds. The zero-order chi connectivity index (χ0) is 15.1. The van der Waals surface area contributed by atoms with E-state index in [-0.39, 0.29) is 28.5 Å². The van der Waals surface area contributed by atoms with Gasteiger partial charge in [-0.2, -0.15) is 0 Å². The number of nitrogens with one attached hydrogen (secondary N) is 1. The first-order valence-corrected chi connectivity index (χ1v) is 6.86. The molecule has 1 aromatic rings. The lowest BCUT2D eigenvalue weighted by Crippen LogP contribution is -2.37. The first-order valence-electron chi connectivity index (χ1n) is 6.86. The van der Waals surface area contributed by atoms with E-state index in [1.165, 1.54) is 0 Å². The molecule has 6 heteroatoms. The number of H-pyrrole nitrogens is 1. The molecule has 0 saturated carbocycles. The molecule has 0 aliphatic carbocycles. The van der Waals surface area contributed by atoms with Crippen molar-refractivity contribution >= 4 is 5.91 Å². The third-order valence-corrected chi connectivity index (χ3v) is 3.54. The summed E-state index contributed by atoms with van der Waals surface area (Å²) in [5.41, 5.74) is 5.78. The summed E-state index contributed by atoms with van der Waals surface area (Å²) < 4.78 is 0. The summed E-state index contributed by atoms with van der Waals surface area (Å²) in [6, 6.07) is 0.000135. The third kappa shape index (κ3) is 2.75. The average molecular weight is 278 g/mol. The topological polar surface area (TPSA) is 92.1 Å². The lowest BCUT2D eigenvalue weighted by molar-refractivity contribution is 0.0787. The van der Waals surface area contributed by atoms with E-state index in [4.69, 9.17) is 5.73 Å². The molecule has 0 spiro atoms. The molecule has 1 atom stereocenters. The lowest BCUT2D eigenvalue weighted by atomic mass is 9.95.